The summed E-state index contributed by atoms with van der Waals surface area (Å²) in [7, 11) is 1.66. The molecule has 0 aromatic heterocycles. The summed E-state index contributed by atoms with van der Waals surface area (Å²) in [5.74, 6) is 0. The molecule has 0 radical (unpaired) electrons. The molecule has 0 saturated carbocycles. The van der Waals surface area contributed by atoms with Gasteiger partial charge in [0.25, 0.3) is 0 Å². The molecule has 5 heteroatoms. The lowest BCUT2D eigenvalue weighted by molar-refractivity contribution is -0.102. The van der Waals surface area contributed by atoms with E-state index in [2.05, 4.69) is 28.1 Å². The van der Waals surface area contributed by atoms with E-state index in [9.17, 15) is 4.79 Å². The van der Waals surface area contributed by atoms with Crippen molar-refractivity contribution in [1.29, 1.82) is 0 Å². The minimum atomic E-state index is 0.383. The molecule has 50 valence electrons. The number of hydrogen-bond acceptors (Lipinski definition) is 3. The summed E-state index contributed by atoms with van der Waals surface area (Å²) in [5, 5.41) is 6.41. The van der Waals surface area contributed by atoms with Crippen LogP contribution in [0.3, 0.4) is 0 Å². The second-order valence-corrected chi connectivity index (χ2v) is 1.51. The van der Waals surface area contributed by atoms with Crippen molar-refractivity contribution in [2.24, 2.45) is 5.10 Å². The summed E-state index contributed by atoms with van der Waals surface area (Å²) < 4.78 is 0. The van der Waals surface area contributed by atoms with E-state index in [0.29, 0.717) is 11.4 Å². The van der Waals surface area contributed by atoms with Crippen LogP contribution in [0.5, 0.6) is 0 Å². The monoisotopic (exact) mass is 145 g/mol. The lowest BCUT2D eigenvalue weighted by Crippen LogP contribution is -2.28. The maximum absolute atomic E-state index is 9.62. The van der Waals surface area contributed by atoms with Crippen LogP contribution in [0, 0.1) is 0 Å². The summed E-state index contributed by atoms with van der Waals surface area (Å²) >= 11 is 4.62. The van der Waals surface area contributed by atoms with Gasteiger partial charge in [-0.3, -0.25) is 10.2 Å². The number of nitrogens with zero attached hydrogens (tertiary/aromatic N) is 1. The van der Waals surface area contributed by atoms with E-state index in [0.717, 1.165) is 6.21 Å². The highest BCUT2D eigenvalue weighted by Gasteiger charge is 1.81. The van der Waals surface area contributed by atoms with E-state index in [1.165, 1.54) is 0 Å². The molecular formula is C4H7N3OS. The quantitative estimate of drug-likeness (QED) is 0.233. The van der Waals surface area contributed by atoms with E-state index in [4.69, 9.17) is 0 Å². The summed E-state index contributed by atoms with van der Waals surface area (Å²) in [5.41, 5.74) is 2.39. The van der Waals surface area contributed by atoms with Crippen LogP contribution in [0.1, 0.15) is 0 Å². The van der Waals surface area contributed by atoms with Gasteiger partial charge < -0.3 is 5.32 Å². The third-order valence-electron chi connectivity index (χ3n) is 0.529. The Morgan fingerprint density at radius 1 is 1.78 bits per heavy atom. The highest BCUT2D eigenvalue weighted by molar-refractivity contribution is 7.80. The van der Waals surface area contributed by atoms with Crippen molar-refractivity contribution < 1.29 is 4.79 Å². The second kappa shape index (κ2) is 5.17. The average molecular weight is 145 g/mol. The Hall–Kier alpha value is -0.970. The van der Waals surface area contributed by atoms with Crippen molar-refractivity contribution in [3.8, 4) is 0 Å². The van der Waals surface area contributed by atoms with Gasteiger partial charge in [-0.2, -0.15) is 5.10 Å². The molecule has 0 aliphatic rings. The third-order valence-corrected chi connectivity index (χ3v) is 0.824. The molecule has 0 unspecified atom stereocenters. The molecule has 0 rings (SSSR count). The van der Waals surface area contributed by atoms with E-state index < -0.39 is 0 Å². The van der Waals surface area contributed by atoms with Crippen LogP contribution in [0.4, 0.5) is 0 Å². The van der Waals surface area contributed by atoms with Gasteiger partial charge in [-0.1, -0.05) is 0 Å². The Labute approximate surface area is 58.3 Å². The topological polar surface area (TPSA) is 53.5 Å². The summed E-state index contributed by atoms with van der Waals surface area (Å²) in [6.45, 7) is 0. The Morgan fingerprint density at radius 2 is 2.44 bits per heavy atom. The minimum absolute atomic E-state index is 0.383. The molecule has 0 spiro atoms. The zero-order valence-corrected chi connectivity index (χ0v) is 5.73. The molecule has 4 nitrogen and oxygen atoms in total. The number of aldehydes is 1. The zero-order valence-electron chi connectivity index (χ0n) is 4.92. The minimum Gasteiger partial charge on any atom is -0.364 e. The first-order chi connectivity index (χ1) is 4.31. The predicted octanol–water partition coefficient (Wildman–Crippen LogP) is -0.735. The first kappa shape index (κ1) is 8.03. The number of hydrazone groups is 1. The number of carbonyl (C=O) groups excluding carboxylic acids is 1. The highest BCUT2D eigenvalue weighted by Crippen LogP contribution is 1.60. The fraction of sp³-hybridized carbons (Fsp3) is 0.250. The SMILES string of the molecule is CNC(=S)N/N=C\C=O. The molecule has 0 heterocycles. The van der Waals surface area contributed by atoms with Gasteiger partial charge >= 0.3 is 0 Å². The molecular weight excluding hydrogens is 138 g/mol. The number of thiocarbonyl (C=S) groups is 1. The van der Waals surface area contributed by atoms with Crippen molar-refractivity contribution in [1.82, 2.24) is 10.7 Å². The lowest BCUT2D eigenvalue weighted by atomic mass is 10.9. The summed E-state index contributed by atoms with van der Waals surface area (Å²) in [6.07, 6.45) is 1.63. The molecule has 0 aromatic rings. The Balaban J connectivity index is 3.37. The number of hydrogen-bond donors (Lipinski definition) is 2. The van der Waals surface area contributed by atoms with Crippen LogP contribution >= 0.6 is 12.2 Å². The summed E-state index contributed by atoms with van der Waals surface area (Å²) in [4.78, 5) is 9.62. The van der Waals surface area contributed by atoms with Gasteiger partial charge in [-0.15, -0.1) is 0 Å². The van der Waals surface area contributed by atoms with Crippen LogP contribution in [0.25, 0.3) is 0 Å². The largest absolute Gasteiger partial charge is 0.364 e. The van der Waals surface area contributed by atoms with Gasteiger partial charge in [0.1, 0.15) is 0 Å². The molecule has 0 aromatic carbocycles. The Morgan fingerprint density at radius 3 is 2.89 bits per heavy atom. The van der Waals surface area contributed by atoms with E-state index >= 15 is 0 Å². The number of carbonyl (C=O) groups is 1. The lowest BCUT2D eigenvalue weighted by Gasteiger charge is -1.96. The molecule has 0 aliphatic carbocycles. The van der Waals surface area contributed by atoms with Crippen LogP contribution in [-0.2, 0) is 4.79 Å². The van der Waals surface area contributed by atoms with Crippen LogP contribution < -0.4 is 10.7 Å². The maximum atomic E-state index is 9.62. The van der Waals surface area contributed by atoms with Crippen LogP contribution in [0.2, 0.25) is 0 Å². The molecule has 9 heavy (non-hydrogen) atoms. The highest BCUT2D eigenvalue weighted by atomic mass is 32.1. The van der Waals surface area contributed by atoms with Gasteiger partial charge in [0, 0.05) is 7.05 Å². The molecule has 0 aliphatic heterocycles. The van der Waals surface area contributed by atoms with Crippen LogP contribution in [-0.4, -0.2) is 24.7 Å². The van der Waals surface area contributed by atoms with Crippen molar-refractivity contribution in [2.75, 3.05) is 7.05 Å². The van der Waals surface area contributed by atoms with E-state index in [-0.39, 0.29) is 0 Å². The van der Waals surface area contributed by atoms with Gasteiger partial charge in [0.05, 0.1) is 6.21 Å². The summed E-state index contributed by atoms with van der Waals surface area (Å²) in [6, 6.07) is 0. The average Bonchev–Trinajstić information content (AvgIpc) is 1.89. The third kappa shape index (κ3) is 4.89. The number of nitrogens with one attached hydrogen (secondary N) is 2. The fourth-order valence-corrected chi connectivity index (χ4v) is 0.235. The maximum Gasteiger partial charge on any atom is 0.186 e. The first-order valence-corrected chi connectivity index (χ1v) is 2.66. The standard InChI is InChI=1S/C4H7N3OS/c1-5-4(9)7-6-2-3-8/h2-3H,1H3,(H2,5,7,9)/b6-2-. The van der Waals surface area contributed by atoms with Crippen molar-refractivity contribution in [2.45, 2.75) is 0 Å². The molecule has 0 amide bonds. The molecule has 0 saturated heterocycles. The van der Waals surface area contributed by atoms with Crippen LogP contribution in [0.15, 0.2) is 5.10 Å². The molecule has 0 fully saturated rings. The Kier molecular flexibility index (Phi) is 4.61. The Bertz CT molecular complexity index is 134. The smallest absolute Gasteiger partial charge is 0.186 e. The van der Waals surface area contributed by atoms with Gasteiger partial charge in [0.15, 0.2) is 11.4 Å². The second-order valence-electron chi connectivity index (χ2n) is 1.11. The molecule has 2 N–H and O–H groups in total. The van der Waals surface area contributed by atoms with Crippen molar-refractivity contribution in [3.63, 3.8) is 0 Å². The normalized spacial score (nSPS) is 9.00. The van der Waals surface area contributed by atoms with E-state index in [1.54, 1.807) is 7.05 Å². The number of rotatable bonds is 2. The van der Waals surface area contributed by atoms with E-state index in [1.807, 2.05) is 0 Å². The fourth-order valence-electron chi connectivity index (χ4n) is 0.182. The van der Waals surface area contributed by atoms with Crippen molar-refractivity contribution >= 4 is 29.8 Å². The van der Waals surface area contributed by atoms with Gasteiger partial charge in [0.2, 0.25) is 0 Å². The molecule has 0 atom stereocenters. The first-order valence-electron chi connectivity index (χ1n) is 2.25. The zero-order chi connectivity index (χ0) is 7.11. The predicted molar refractivity (Wildman–Crippen MR) is 39.3 cm³/mol. The molecule has 0 bridgehead atoms. The van der Waals surface area contributed by atoms with Gasteiger partial charge in [-0.25, -0.2) is 0 Å². The van der Waals surface area contributed by atoms with Gasteiger partial charge in [-0.05, 0) is 12.2 Å². The van der Waals surface area contributed by atoms with Crippen molar-refractivity contribution in [3.05, 3.63) is 0 Å².